The van der Waals surface area contributed by atoms with E-state index in [-0.39, 0.29) is 30.7 Å². The zero-order valence-electron chi connectivity index (χ0n) is 11.1. The molecule has 2 aliphatic rings. The molecule has 2 fully saturated rings. The van der Waals surface area contributed by atoms with Crippen LogP contribution in [0.3, 0.4) is 0 Å². The fraction of sp³-hybridized carbons (Fsp3) is 0.600. The molecule has 1 saturated carbocycles. The summed E-state index contributed by atoms with van der Waals surface area (Å²) in [7, 11) is 0. The third-order valence-electron chi connectivity index (χ3n) is 4.87. The van der Waals surface area contributed by atoms with Crippen LogP contribution < -0.4 is 0 Å². The minimum atomic E-state index is -0.695. The summed E-state index contributed by atoms with van der Waals surface area (Å²) in [6, 6.07) is 10.1. The van der Waals surface area contributed by atoms with Crippen LogP contribution in [0.4, 0.5) is 0 Å². The first-order chi connectivity index (χ1) is 9.15. The predicted octanol–water partition coefficient (Wildman–Crippen LogP) is 0.534. The lowest BCUT2D eigenvalue weighted by molar-refractivity contribution is -0.0884. The second-order valence-corrected chi connectivity index (χ2v) is 5.73. The van der Waals surface area contributed by atoms with Crippen molar-refractivity contribution in [2.45, 2.75) is 43.7 Å². The molecule has 0 aromatic heterocycles. The average molecular weight is 263 g/mol. The van der Waals surface area contributed by atoms with Crippen molar-refractivity contribution in [2.24, 2.45) is 5.92 Å². The fourth-order valence-corrected chi connectivity index (χ4v) is 3.90. The lowest BCUT2D eigenvalue weighted by Gasteiger charge is -2.42. The zero-order chi connectivity index (χ0) is 13.6. The van der Waals surface area contributed by atoms with E-state index in [1.54, 1.807) is 0 Å². The van der Waals surface area contributed by atoms with Crippen LogP contribution >= 0.6 is 0 Å². The summed E-state index contributed by atoms with van der Waals surface area (Å²) in [6.07, 6.45) is -0.620. The van der Waals surface area contributed by atoms with E-state index in [1.165, 1.54) is 5.56 Å². The summed E-state index contributed by atoms with van der Waals surface area (Å²) in [5.41, 5.74) is 1.18. The third-order valence-corrected chi connectivity index (χ3v) is 4.87. The van der Waals surface area contributed by atoms with Crippen LogP contribution in [-0.4, -0.2) is 51.1 Å². The molecule has 0 radical (unpaired) electrons. The molecular weight excluding hydrogens is 242 g/mol. The van der Waals surface area contributed by atoms with Crippen LogP contribution in [0, 0.1) is 5.92 Å². The first-order valence-electron chi connectivity index (χ1n) is 6.94. The maximum atomic E-state index is 10.1. The van der Waals surface area contributed by atoms with E-state index in [1.807, 2.05) is 18.2 Å². The average Bonchev–Trinajstić information content (AvgIpc) is 2.96. The largest absolute Gasteiger partial charge is 0.395 e. The number of fused-ring (bicyclic) bond motifs is 2. The molecule has 3 rings (SSSR count). The van der Waals surface area contributed by atoms with Crippen molar-refractivity contribution in [1.82, 2.24) is 4.90 Å². The normalized spacial score (nSPS) is 39.7. The maximum absolute atomic E-state index is 10.1. The Morgan fingerprint density at radius 1 is 1.21 bits per heavy atom. The minimum Gasteiger partial charge on any atom is -0.395 e. The van der Waals surface area contributed by atoms with Gasteiger partial charge in [-0.3, -0.25) is 4.90 Å². The number of likely N-dealkylation sites (tertiary alicyclic amines) is 1. The van der Waals surface area contributed by atoms with Crippen LogP contribution in [0.25, 0.3) is 0 Å². The number of benzene rings is 1. The quantitative estimate of drug-likeness (QED) is 0.744. The molecule has 6 atom stereocenters. The summed E-state index contributed by atoms with van der Waals surface area (Å²) in [5, 5.41) is 29.7. The summed E-state index contributed by atoms with van der Waals surface area (Å²) in [5.74, 6) is -0.0174. The van der Waals surface area contributed by atoms with E-state index < -0.39 is 12.2 Å². The molecule has 1 aromatic rings. The molecule has 0 spiro atoms. The summed E-state index contributed by atoms with van der Waals surface area (Å²) in [4.78, 5) is 2.18. The van der Waals surface area contributed by atoms with Gasteiger partial charge < -0.3 is 15.3 Å². The Balaban J connectivity index is 1.88. The molecule has 2 bridgehead atoms. The molecule has 4 nitrogen and oxygen atoms in total. The molecule has 19 heavy (non-hydrogen) atoms. The van der Waals surface area contributed by atoms with Gasteiger partial charge in [0.1, 0.15) is 0 Å². The van der Waals surface area contributed by atoms with E-state index in [2.05, 4.69) is 24.0 Å². The van der Waals surface area contributed by atoms with Gasteiger partial charge in [-0.2, -0.15) is 0 Å². The molecule has 1 heterocycles. The Morgan fingerprint density at radius 3 is 2.53 bits per heavy atom. The van der Waals surface area contributed by atoms with Crippen molar-refractivity contribution in [3.05, 3.63) is 35.9 Å². The van der Waals surface area contributed by atoms with E-state index in [0.717, 1.165) is 6.42 Å². The minimum absolute atomic E-state index is 0.0174. The van der Waals surface area contributed by atoms with Gasteiger partial charge in [0.25, 0.3) is 0 Å². The smallest absolute Gasteiger partial charge is 0.0957 e. The number of rotatable bonds is 3. The van der Waals surface area contributed by atoms with Gasteiger partial charge in [0.15, 0.2) is 0 Å². The van der Waals surface area contributed by atoms with Crippen LogP contribution in [0.1, 0.15) is 24.9 Å². The van der Waals surface area contributed by atoms with Gasteiger partial charge in [0, 0.05) is 24.0 Å². The Bertz CT molecular complexity index is 436. The highest BCUT2D eigenvalue weighted by atomic mass is 16.3. The first-order valence-corrected chi connectivity index (χ1v) is 6.94. The lowest BCUT2D eigenvalue weighted by atomic mass is 9.93. The van der Waals surface area contributed by atoms with Gasteiger partial charge in [-0.15, -0.1) is 0 Å². The Labute approximate surface area is 113 Å². The summed E-state index contributed by atoms with van der Waals surface area (Å²) in [6.45, 7) is 2.12. The van der Waals surface area contributed by atoms with E-state index in [4.69, 9.17) is 0 Å². The number of aliphatic hydroxyl groups is 3. The van der Waals surface area contributed by atoms with Crippen molar-refractivity contribution in [3.63, 3.8) is 0 Å². The highest BCUT2D eigenvalue weighted by Crippen LogP contribution is 2.46. The second-order valence-electron chi connectivity index (χ2n) is 5.73. The number of piperidine rings is 1. The highest BCUT2D eigenvalue weighted by Gasteiger charge is 2.57. The van der Waals surface area contributed by atoms with Gasteiger partial charge in [-0.1, -0.05) is 30.3 Å². The highest BCUT2D eigenvalue weighted by molar-refractivity contribution is 5.21. The van der Waals surface area contributed by atoms with Gasteiger partial charge in [0.2, 0.25) is 0 Å². The van der Waals surface area contributed by atoms with Crippen molar-refractivity contribution in [3.8, 4) is 0 Å². The molecule has 0 amide bonds. The van der Waals surface area contributed by atoms with Crippen molar-refractivity contribution in [1.29, 1.82) is 0 Å². The molecule has 3 N–H and O–H groups in total. The van der Waals surface area contributed by atoms with Crippen LogP contribution in [0.15, 0.2) is 30.3 Å². The Kier molecular flexibility index (Phi) is 3.35. The van der Waals surface area contributed by atoms with Gasteiger partial charge >= 0.3 is 0 Å². The molecular formula is C15H21NO3. The van der Waals surface area contributed by atoms with Crippen molar-refractivity contribution >= 4 is 0 Å². The molecule has 1 aliphatic heterocycles. The summed E-state index contributed by atoms with van der Waals surface area (Å²) < 4.78 is 0. The van der Waals surface area contributed by atoms with Gasteiger partial charge in [-0.25, -0.2) is 0 Å². The van der Waals surface area contributed by atoms with E-state index in [0.29, 0.717) is 0 Å². The maximum Gasteiger partial charge on any atom is 0.0957 e. The second kappa shape index (κ2) is 4.87. The lowest BCUT2D eigenvalue weighted by Crippen LogP contribution is -2.55. The van der Waals surface area contributed by atoms with Gasteiger partial charge in [0.05, 0.1) is 18.8 Å². The van der Waals surface area contributed by atoms with E-state index in [9.17, 15) is 15.3 Å². The number of hydrogen-bond acceptors (Lipinski definition) is 4. The molecule has 4 heteroatoms. The monoisotopic (exact) mass is 263 g/mol. The topological polar surface area (TPSA) is 63.9 Å². The van der Waals surface area contributed by atoms with Crippen molar-refractivity contribution in [2.75, 3.05) is 6.61 Å². The van der Waals surface area contributed by atoms with Crippen LogP contribution in [0.2, 0.25) is 0 Å². The number of nitrogens with zero attached hydrogens (tertiary/aromatic N) is 1. The number of hydrogen-bond donors (Lipinski definition) is 3. The van der Waals surface area contributed by atoms with Gasteiger partial charge in [-0.05, 0) is 18.9 Å². The molecule has 1 aliphatic carbocycles. The van der Waals surface area contributed by atoms with Crippen LogP contribution in [-0.2, 0) is 0 Å². The Morgan fingerprint density at radius 2 is 1.89 bits per heavy atom. The standard InChI is InChI=1S/C15H21NO3/c1-9(10-5-3-2-4-6-10)16-12-7-11(13(16)8-17)14(18)15(12)19/h2-6,9,11-15,17-19H,7-8H2,1H3/t9-,11+,12+,13-,14+,15-/m1/s1. The molecule has 0 unspecified atom stereocenters. The fourth-order valence-electron chi connectivity index (χ4n) is 3.90. The number of aliphatic hydroxyl groups excluding tert-OH is 3. The first kappa shape index (κ1) is 13.1. The Hall–Kier alpha value is -0.940. The van der Waals surface area contributed by atoms with Crippen molar-refractivity contribution < 1.29 is 15.3 Å². The predicted molar refractivity (Wildman–Crippen MR) is 71.5 cm³/mol. The zero-order valence-corrected chi connectivity index (χ0v) is 11.1. The molecule has 1 aromatic carbocycles. The molecule has 1 saturated heterocycles. The third kappa shape index (κ3) is 1.91. The SMILES string of the molecule is C[C@H](c1ccccc1)N1[C@H](CO)[C@@H]2C[C@H]1[C@@H](O)[C@H]2O. The van der Waals surface area contributed by atoms with E-state index >= 15 is 0 Å². The summed E-state index contributed by atoms with van der Waals surface area (Å²) >= 11 is 0. The van der Waals surface area contributed by atoms with Crippen LogP contribution in [0.5, 0.6) is 0 Å². The molecule has 104 valence electrons.